The van der Waals surface area contributed by atoms with Gasteiger partial charge >= 0.3 is 0 Å². The van der Waals surface area contributed by atoms with E-state index in [1.807, 2.05) is 0 Å². The summed E-state index contributed by atoms with van der Waals surface area (Å²) in [6, 6.07) is 0. The third-order valence-electron chi connectivity index (χ3n) is 12.1. The lowest BCUT2D eigenvalue weighted by Crippen LogP contribution is -2.54. The summed E-state index contributed by atoms with van der Waals surface area (Å²) in [5, 5.41) is 10.3. The van der Waals surface area contributed by atoms with Crippen LogP contribution in [0.2, 0.25) is 0 Å². The van der Waals surface area contributed by atoms with Crippen molar-refractivity contribution in [2.24, 2.45) is 57.7 Å². The number of rotatable bonds is 4. The Hall–Kier alpha value is -0.0400. The molecule has 5 rings (SSSR count). The van der Waals surface area contributed by atoms with Crippen LogP contribution >= 0.6 is 0 Å². The second kappa shape index (κ2) is 6.98. The Morgan fingerprint density at radius 1 is 0.862 bits per heavy atom. The predicted molar refractivity (Wildman–Crippen MR) is 122 cm³/mol. The van der Waals surface area contributed by atoms with Gasteiger partial charge in [-0.25, -0.2) is 0 Å². The molecule has 0 saturated heterocycles. The molecule has 166 valence electrons. The lowest BCUT2D eigenvalue weighted by Gasteiger charge is -2.61. The zero-order valence-electron chi connectivity index (χ0n) is 20.1. The summed E-state index contributed by atoms with van der Waals surface area (Å²) in [5.41, 5.74) is 1.81. The van der Waals surface area contributed by atoms with Crippen molar-refractivity contribution in [3.8, 4) is 0 Å². The van der Waals surface area contributed by atoms with Crippen molar-refractivity contribution < 1.29 is 5.11 Å². The maximum atomic E-state index is 10.3. The van der Waals surface area contributed by atoms with E-state index in [4.69, 9.17) is 0 Å². The van der Waals surface area contributed by atoms with E-state index >= 15 is 0 Å². The number of fused-ring (bicyclic) bond motifs is 5. The third kappa shape index (κ3) is 3.27. The van der Waals surface area contributed by atoms with E-state index in [9.17, 15) is 5.11 Å². The largest absolute Gasteiger partial charge is 0.393 e. The van der Waals surface area contributed by atoms with Crippen LogP contribution in [-0.4, -0.2) is 11.2 Å². The van der Waals surface area contributed by atoms with Gasteiger partial charge in [-0.05, 0) is 128 Å². The molecule has 10 atom stereocenters. The summed E-state index contributed by atoms with van der Waals surface area (Å²) in [4.78, 5) is 0. The van der Waals surface area contributed by atoms with Gasteiger partial charge in [0.05, 0.1) is 6.10 Å². The number of hydrogen-bond donors (Lipinski definition) is 1. The van der Waals surface area contributed by atoms with E-state index in [0.717, 1.165) is 54.3 Å². The van der Waals surface area contributed by atoms with Crippen LogP contribution in [-0.2, 0) is 0 Å². The van der Waals surface area contributed by atoms with Crippen molar-refractivity contribution in [1.29, 1.82) is 0 Å². The number of aliphatic hydroxyl groups is 1. The summed E-state index contributed by atoms with van der Waals surface area (Å²) in [5.74, 6) is 6.66. The molecule has 29 heavy (non-hydrogen) atoms. The van der Waals surface area contributed by atoms with Gasteiger partial charge in [0.15, 0.2) is 0 Å². The molecule has 0 aromatic carbocycles. The second-order valence-electron chi connectivity index (χ2n) is 13.8. The van der Waals surface area contributed by atoms with Gasteiger partial charge in [0.2, 0.25) is 0 Å². The van der Waals surface area contributed by atoms with Gasteiger partial charge < -0.3 is 5.11 Å². The molecule has 5 aliphatic rings. The Balaban J connectivity index is 1.28. The van der Waals surface area contributed by atoms with Crippen LogP contribution in [0.15, 0.2) is 0 Å². The lowest BCUT2D eigenvalue weighted by atomic mass is 9.44. The van der Waals surface area contributed by atoms with Crippen LogP contribution in [0.25, 0.3) is 0 Å². The molecule has 1 N–H and O–H groups in total. The molecule has 5 saturated carbocycles. The third-order valence-corrected chi connectivity index (χ3v) is 12.1. The molecule has 0 radical (unpaired) electrons. The summed E-state index contributed by atoms with van der Waals surface area (Å²) in [7, 11) is 0. The molecule has 0 aromatic heterocycles. The highest BCUT2D eigenvalue weighted by Gasteiger charge is 2.60. The van der Waals surface area contributed by atoms with E-state index in [1.165, 1.54) is 64.2 Å². The van der Waals surface area contributed by atoms with Gasteiger partial charge in [0.1, 0.15) is 0 Å². The van der Waals surface area contributed by atoms with Crippen molar-refractivity contribution in [3.63, 3.8) is 0 Å². The SMILES string of the molecule is C[C@H](CC[C@@H]1CC1(C)C)[C@H]1CC[C@H]2[C@@H]3CC[C@H]4C[C@@H](O)CC[C@]4(C)[C@H]3CC[C@]12C. The van der Waals surface area contributed by atoms with E-state index < -0.39 is 0 Å². The van der Waals surface area contributed by atoms with Crippen molar-refractivity contribution in [3.05, 3.63) is 0 Å². The topological polar surface area (TPSA) is 20.2 Å². The predicted octanol–water partition coefficient (Wildman–Crippen LogP) is 7.47. The molecule has 0 heterocycles. The van der Waals surface area contributed by atoms with E-state index in [2.05, 4.69) is 34.6 Å². The average molecular weight is 401 g/mol. The fourth-order valence-corrected chi connectivity index (χ4v) is 9.94. The highest BCUT2D eigenvalue weighted by Crippen LogP contribution is 2.68. The van der Waals surface area contributed by atoms with Crippen LogP contribution in [0.5, 0.6) is 0 Å². The maximum absolute atomic E-state index is 10.3. The molecule has 0 aromatic rings. The Morgan fingerprint density at radius 2 is 1.55 bits per heavy atom. The molecule has 0 spiro atoms. The molecule has 0 aliphatic heterocycles. The van der Waals surface area contributed by atoms with Gasteiger partial charge in [-0.1, -0.05) is 41.0 Å². The van der Waals surface area contributed by atoms with Crippen molar-refractivity contribution in [2.45, 2.75) is 118 Å². The molecule has 1 heteroatoms. The van der Waals surface area contributed by atoms with Crippen molar-refractivity contribution in [1.82, 2.24) is 0 Å². The highest BCUT2D eigenvalue weighted by molar-refractivity contribution is 5.10. The Bertz CT molecular complexity index is 624. The quantitative estimate of drug-likeness (QED) is 0.519. The standard InChI is InChI=1S/C28H48O/c1-18(6-7-20-17-26(20,2)3)23-10-11-24-22-9-8-19-16-21(29)12-14-27(19,4)25(22)13-15-28(23,24)5/h18-25,29H,6-17H2,1-5H3/t18-,19+,20-,21+,22+,23-,24+,25+,27+,28-/m1/s1. The van der Waals surface area contributed by atoms with Crippen LogP contribution in [0.3, 0.4) is 0 Å². The Morgan fingerprint density at radius 3 is 2.28 bits per heavy atom. The Kier molecular flexibility index (Phi) is 5.02. The minimum absolute atomic E-state index is 0.00774. The summed E-state index contributed by atoms with van der Waals surface area (Å²) in [6.07, 6.45) is 16.8. The summed E-state index contributed by atoms with van der Waals surface area (Å²) < 4.78 is 0. The van der Waals surface area contributed by atoms with Gasteiger partial charge in [-0.15, -0.1) is 0 Å². The first kappa shape index (κ1) is 20.8. The maximum Gasteiger partial charge on any atom is 0.0543 e. The molecule has 0 unspecified atom stereocenters. The van der Waals surface area contributed by atoms with E-state index in [0.29, 0.717) is 16.2 Å². The van der Waals surface area contributed by atoms with Gasteiger partial charge in [0, 0.05) is 0 Å². The molecule has 1 nitrogen and oxygen atoms in total. The molecule has 0 bridgehead atoms. The van der Waals surface area contributed by atoms with Crippen LogP contribution in [0.4, 0.5) is 0 Å². The number of hydrogen-bond acceptors (Lipinski definition) is 1. The first-order chi connectivity index (χ1) is 13.6. The minimum Gasteiger partial charge on any atom is -0.393 e. The van der Waals surface area contributed by atoms with Gasteiger partial charge in [-0.3, -0.25) is 0 Å². The monoisotopic (exact) mass is 400 g/mol. The second-order valence-corrected chi connectivity index (χ2v) is 13.8. The molecular weight excluding hydrogens is 352 g/mol. The van der Waals surface area contributed by atoms with Crippen LogP contribution in [0, 0.1) is 57.7 Å². The average Bonchev–Trinajstić information content (AvgIpc) is 3.11. The van der Waals surface area contributed by atoms with Gasteiger partial charge in [0.25, 0.3) is 0 Å². The van der Waals surface area contributed by atoms with Gasteiger partial charge in [-0.2, -0.15) is 0 Å². The van der Waals surface area contributed by atoms with Crippen LogP contribution in [0.1, 0.15) is 112 Å². The van der Waals surface area contributed by atoms with E-state index in [-0.39, 0.29) is 6.10 Å². The molecule has 0 amide bonds. The van der Waals surface area contributed by atoms with Crippen molar-refractivity contribution >= 4 is 0 Å². The normalized spacial score (nSPS) is 54.2. The fourth-order valence-electron chi connectivity index (χ4n) is 9.94. The summed E-state index contributed by atoms with van der Waals surface area (Å²) >= 11 is 0. The first-order valence-electron chi connectivity index (χ1n) is 13.3. The molecular formula is C28H48O. The molecule has 5 fully saturated rings. The zero-order chi connectivity index (χ0) is 20.6. The smallest absolute Gasteiger partial charge is 0.0543 e. The number of aliphatic hydroxyl groups excluding tert-OH is 1. The summed E-state index contributed by atoms with van der Waals surface area (Å²) in [6.45, 7) is 12.9. The first-order valence-corrected chi connectivity index (χ1v) is 13.3. The minimum atomic E-state index is -0.00774. The fraction of sp³-hybridized carbons (Fsp3) is 1.00. The Labute approximate surface area is 180 Å². The van der Waals surface area contributed by atoms with E-state index in [1.54, 1.807) is 0 Å². The van der Waals surface area contributed by atoms with Crippen molar-refractivity contribution in [2.75, 3.05) is 0 Å². The van der Waals surface area contributed by atoms with Crippen LogP contribution < -0.4 is 0 Å². The highest BCUT2D eigenvalue weighted by atomic mass is 16.3. The zero-order valence-corrected chi connectivity index (χ0v) is 20.1. The molecule has 5 aliphatic carbocycles. The lowest BCUT2D eigenvalue weighted by molar-refractivity contribution is -0.129.